The lowest BCUT2D eigenvalue weighted by Crippen LogP contribution is -2.14. The van der Waals surface area contributed by atoms with Crippen LogP contribution in [-0.4, -0.2) is 18.4 Å². The number of nitrogens with one attached hydrogen (secondary N) is 2. The quantitative estimate of drug-likeness (QED) is 0.765. The number of rotatable bonds is 3. The molecule has 3 aromatic rings. The molecule has 0 bridgehead atoms. The Morgan fingerprint density at radius 1 is 1.17 bits per heavy atom. The lowest BCUT2D eigenvalue weighted by Gasteiger charge is -2.11. The van der Waals surface area contributed by atoms with Gasteiger partial charge >= 0.3 is 0 Å². The van der Waals surface area contributed by atoms with Crippen molar-refractivity contribution in [2.75, 3.05) is 4.72 Å². The van der Waals surface area contributed by atoms with E-state index in [-0.39, 0.29) is 4.90 Å². The van der Waals surface area contributed by atoms with Gasteiger partial charge in [0.1, 0.15) is 5.82 Å². The van der Waals surface area contributed by atoms with Crippen LogP contribution in [0.4, 0.5) is 5.82 Å². The van der Waals surface area contributed by atoms with Crippen molar-refractivity contribution in [1.82, 2.24) is 9.97 Å². The number of sulfonamides is 1. The molecular formula is C18H19N3O2S. The Morgan fingerprint density at radius 3 is 2.83 bits per heavy atom. The Bertz CT molecular complexity index is 1020. The summed E-state index contributed by atoms with van der Waals surface area (Å²) in [5.41, 5.74) is 4.32. The topological polar surface area (TPSA) is 74.8 Å². The van der Waals surface area contributed by atoms with Crippen molar-refractivity contribution < 1.29 is 8.42 Å². The molecule has 0 saturated heterocycles. The number of fused-ring (bicyclic) bond motifs is 3. The second-order valence-electron chi connectivity index (χ2n) is 6.27. The van der Waals surface area contributed by atoms with Crippen molar-refractivity contribution in [1.29, 1.82) is 0 Å². The molecule has 2 heterocycles. The lowest BCUT2D eigenvalue weighted by atomic mass is 9.96. The Morgan fingerprint density at radius 2 is 2.00 bits per heavy atom. The van der Waals surface area contributed by atoms with E-state index >= 15 is 0 Å². The van der Waals surface area contributed by atoms with E-state index < -0.39 is 10.0 Å². The van der Waals surface area contributed by atoms with Gasteiger partial charge in [-0.05, 0) is 68.0 Å². The molecule has 6 heteroatoms. The van der Waals surface area contributed by atoms with Gasteiger partial charge in [0.2, 0.25) is 0 Å². The number of hydrogen-bond acceptors (Lipinski definition) is 3. The van der Waals surface area contributed by atoms with Crippen LogP contribution in [-0.2, 0) is 22.9 Å². The third kappa shape index (κ3) is 2.57. The van der Waals surface area contributed by atoms with E-state index in [1.165, 1.54) is 17.7 Å². The van der Waals surface area contributed by atoms with Crippen molar-refractivity contribution in [3.8, 4) is 0 Å². The zero-order valence-corrected chi connectivity index (χ0v) is 14.3. The molecule has 0 amide bonds. The highest BCUT2D eigenvalue weighted by atomic mass is 32.2. The molecule has 2 aromatic heterocycles. The SMILES string of the molecule is Cc1cccnc1NS(=O)(=O)c1ccc2[nH]c3c(c2c1)CCCC3. The second-order valence-corrected chi connectivity index (χ2v) is 7.95. The van der Waals surface area contributed by atoms with Crippen molar-refractivity contribution in [3.05, 3.63) is 53.3 Å². The number of benzene rings is 1. The summed E-state index contributed by atoms with van der Waals surface area (Å²) < 4.78 is 28.0. The molecule has 2 N–H and O–H groups in total. The number of aromatic nitrogens is 2. The number of aromatic amines is 1. The molecule has 0 spiro atoms. The molecule has 1 aliphatic rings. The molecule has 0 fully saturated rings. The molecular weight excluding hydrogens is 322 g/mol. The van der Waals surface area contributed by atoms with E-state index in [9.17, 15) is 8.42 Å². The molecule has 4 rings (SSSR count). The first-order chi connectivity index (χ1) is 11.5. The van der Waals surface area contributed by atoms with Crippen LogP contribution in [0.25, 0.3) is 10.9 Å². The zero-order valence-electron chi connectivity index (χ0n) is 13.5. The van der Waals surface area contributed by atoms with Crippen molar-refractivity contribution in [2.24, 2.45) is 0 Å². The van der Waals surface area contributed by atoms with Crippen LogP contribution in [0.2, 0.25) is 0 Å². The highest BCUT2D eigenvalue weighted by molar-refractivity contribution is 7.92. The largest absolute Gasteiger partial charge is 0.358 e. The molecule has 0 unspecified atom stereocenters. The second kappa shape index (κ2) is 5.63. The molecule has 0 atom stereocenters. The van der Waals surface area contributed by atoms with E-state index in [0.29, 0.717) is 5.82 Å². The fraction of sp³-hybridized carbons (Fsp3) is 0.278. The molecule has 1 aromatic carbocycles. The molecule has 24 heavy (non-hydrogen) atoms. The fourth-order valence-corrected chi connectivity index (χ4v) is 4.44. The maximum Gasteiger partial charge on any atom is 0.263 e. The summed E-state index contributed by atoms with van der Waals surface area (Å²) in [6, 6.07) is 8.89. The lowest BCUT2D eigenvalue weighted by molar-refractivity contribution is 0.601. The Labute approximate surface area is 141 Å². The minimum absolute atomic E-state index is 0.271. The van der Waals surface area contributed by atoms with Gasteiger partial charge in [-0.25, -0.2) is 13.4 Å². The highest BCUT2D eigenvalue weighted by Gasteiger charge is 2.20. The number of nitrogens with zero attached hydrogens (tertiary/aromatic N) is 1. The summed E-state index contributed by atoms with van der Waals surface area (Å²) in [4.78, 5) is 7.81. The number of anilines is 1. The minimum atomic E-state index is -3.66. The normalized spacial score (nSPS) is 14.5. The van der Waals surface area contributed by atoms with E-state index in [1.807, 2.05) is 19.1 Å². The van der Waals surface area contributed by atoms with Crippen LogP contribution >= 0.6 is 0 Å². The number of aryl methyl sites for hydroxylation is 3. The highest BCUT2D eigenvalue weighted by Crippen LogP contribution is 2.31. The van der Waals surface area contributed by atoms with E-state index in [1.54, 1.807) is 24.4 Å². The first kappa shape index (κ1) is 15.2. The summed E-state index contributed by atoms with van der Waals surface area (Å²) in [6.45, 7) is 1.83. The van der Waals surface area contributed by atoms with Gasteiger partial charge in [0.25, 0.3) is 10.0 Å². The van der Waals surface area contributed by atoms with Crippen LogP contribution in [0, 0.1) is 6.92 Å². The summed E-state index contributed by atoms with van der Waals surface area (Å²) in [7, 11) is -3.66. The Kier molecular flexibility index (Phi) is 3.57. The maximum atomic E-state index is 12.7. The van der Waals surface area contributed by atoms with Crippen molar-refractivity contribution in [2.45, 2.75) is 37.5 Å². The van der Waals surface area contributed by atoms with E-state index in [0.717, 1.165) is 35.7 Å². The molecule has 1 aliphatic carbocycles. The predicted octanol–water partition coefficient (Wildman–Crippen LogP) is 3.55. The summed E-state index contributed by atoms with van der Waals surface area (Å²) in [5.74, 6) is 0.369. The molecule has 0 radical (unpaired) electrons. The van der Waals surface area contributed by atoms with Gasteiger partial charge < -0.3 is 4.98 Å². The molecule has 0 aliphatic heterocycles. The average molecular weight is 341 g/mol. The van der Waals surface area contributed by atoms with Gasteiger partial charge in [-0.1, -0.05) is 6.07 Å². The van der Waals surface area contributed by atoms with Crippen LogP contribution in [0.5, 0.6) is 0 Å². The van der Waals surface area contributed by atoms with Gasteiger partial charge in [-0.15, -0.1) is 0 Å². The monoisotopic (exact) mass is 341 g/mol. The van der Waals surface area contributed by atoms with Crippen LogP contribution in [0.15, 0.2) is 41.4 Å². The van der Waals surface area contributed by atoms with E-state index in [2.05, 4.69) is 14.7 Å². The van der Waals surface area contributed by atoms with Gasteiger partial charge in [0, 0.05) is 22.8 Å². The standard InChI is InChI=1S/C18H19N3O2S/c1-12-5-4-10-19-18(12)21-24(22,23)13-8-9-17-15(11-13)14-6-2-3-7-16(14)20-17/h4-5,8-11,20H,2-3,6-7H2,1H3,(H,19,21). The average Bonchev–Trinajstić information content (AvgIpc) is 2.95. The third-order valence-corrected chi connectivity index (χ3v) is 5.96. The zero-order chi connectivity index (χ0) is 16.7. The Balaban J connectivity index is 1.76. The first-order valence-electron chi connectivity index (χ1n) is 8.12. The number of pyridine rings is 1. The van der Waals surface area contributed by atoms with Crippen LogP contribution in [0.3, 0.4) is 0 Å². The fourth-order valence-electron chi connectivity index (χ4n) is 3.33. The maximum absolute atomic E-state index is 12.7. The summed E-state index contributed by atoms with van der Waals surface area (Å²) in [6.07, 6.45) is 5.97. The number of hydrogen-bond donors (Lipinski definition) is 2. The minimum Gasteiger partial charge on any atom is -0.358 e. The van der Waals surface area contributed by atoms with Crippen molar-refractivity contribution in [3.63, 3.8) is 0 Å². The number of H-pyrrole nitrogens is 1. The van der Waals surface area contributed by atoms with Gasteiger partial charge in [-0.3, -0.25) is 4.72 Å². The molecule has 0 saturated carbocycles. The predicted molar refractivity (Wildman–Crippen MR) is 94.7 cm³/mol. The molecule has 5 nitrogen and oxygen atoms in total. The summed E-state index contributed by atoms with van der Waals surface area (Å²) in [5, 5.41) is 1.02. The van der Waals surface area contributed by atoms with Gasteiger partial charge in [0.05, 0.1) is 4.90 Å². The van der Waals surface area contributed by atoms with E-state index in [4.69, 9.17) is 0 Å². The van der Waals surface area contributed by atoms with Gasteiger partial charge in [0.15, 0.2) is 0 Å². The smallest absolute Gasteiger partial charge is 0.263 e. The Hall–Kier alpha value is -2.34. The van der Waals surface area contributed by atoms with Gasteiger partial charge in [-0.2, -0.15) is 0 Å². The van der Waals surface area contributed by atoms with Crippen molar-refractivity contribution >= 4 is 26.7 Å². The third-order valence-electron chi connectivity index (χ3n) is 4.62. The molecule has 124 valence electrons. The summed E-state index contributed by atoms with van der Waals surface area (Å²) >= 11 is 0. The van der Waals surface area contributed by atoms with Crippen LogP contribution in [0.1, 0.15) is 29.7 Å². The first-order valence-corrected chi connectivity index (χ1v) is 9.61. The van der Waals surface area contributed by atoms with Crippen LogP contribution < -0.4 is 4.72 Å².